The number of hydrogen-bond donors (Lipinski definition) is 0. The lowest BCUT2D eigenvalue weighted by Crippen LogP contribution is -2.45. The summed E-state index contributed by atoms with van der Waals surface area (Å²) < 4.78 is 19.1. The number of nitrogens with zero attached hydrogens (tertiary/aromatic N) is 2. The lowest BCUT2D eigenvalue weighted by molar-refractivity contribution is -0.122. The van der Waals surface area contributed by atoms with E-state index < -0.39 is 35.5 Å². The summed E-state index contributed by atoms with van der Waals surface area (Å²) in [6, 6.07) is 19.2. The van der Waals surface area contributed by atoms with Gasteiger partial charge in [0.05, 0.1) is 30.3 Å². The molecule has 3 amide bonds. The van der Waals surface area contributed by atoms with Crippen LogP contribution in [0.2, 0.25) is 0 Å². The van der Waals surface area contributed by atoms with Crippen molar-refractivity contribution >= 4 is 29.4 Å². The summed E-state index contributed by atoms with van der Waals surface area (Å²) in [5.41, 5.74) is 1.08. The molecular weight excluding hydrogens is 439 g/mol. The number of carbonyl (C=O) groups is 4. The Balaban J connectivity index is 1.67. The third-order valence-electron chi connectivity index (χ3n) is 5.61. The first kappa shape index (κ1) is 22.8. The Bertz CT molecular complexity index is 1240. The normalized spacial score (nSPS) is 15.4. The van der Waals surface area contributed by atoms with E-state index in [4.69, 9.17) is 0 Å². The number of carbonyl (C=O) groups excluding carboxylic acids is 4. The number of anilines is 1. The van der Waals surface area contributed by atoms with Gasteiger partial charge in [-0.1, -0.05) is 42.5 Å². The van der Waals surface area contributed by atoms with E-state index in [9.17, 15) is 23.6 Å². The topological polar surface area (TPSA) is 84.0 Å². The fraction of sp³-hybridized carbons (Fsp3) is 0.154. The molecular formula is C26H21FN2O5. The van der Waals surface area contributed by atoms with Crippen LogP contribution in [0.4, 0.5) is 10.1 Å². The van der Waals surface area contributed by atoms with Crippen LogP contribution in [0.5, 0.6) is 0 Å². The largest absolute Gasteiger partial charge is 0.465 e. The smallest absolute Gasteiger partial charge is 0.337 e. The van der Waals surface area contributed by atoms with E-state index in [-0.39, 0.29) is 29.8 Å². The molecule has 1 aliphatic heterocycles. The highest BCUT2D eigenvalue weighted by atomic mass is 19.1. The molecule has 1 atom stereocenters. The molecule has 0 N–H and O–H groups in total. The van der Waals surface area contributed by atoms with Crippen molar-refractivity contribution in [1.29, 1.82) is 0 Å². The zero-order valence-electron chi connectivity index (χ0n) is 18.3. The second-order valence-electron chi connectivity index (χ2n) is 7.72. The Morgan fingerprint density at radius 3 is 2.26 bits per heavy atom. The average molecular weight is 460 g/mol. The first-order valence-electron chi connectivity index (χ1n) is 10.6. The van der Waals surface area contributed by atoms with Crippen LogP contribution in [0.3, 0.4) is 0 Å². The van der Waals surface area contributed by atoms with Gasteiger partial charge in [-0.3, -0.25) is 14.4 Å². The van der Waals surface area contributed by atoms with Crippen LogP contribution >= 0.6 is 0 Å². The van der Waals surface area contributed by atoms with Gasteiger partial charge in [0, 0.05) is 6.54 Å². The minimum absolute atomic E-state index is 0.0206. The summed E-state index contributed by atoms with van der Waals surface area (Å²) >= 11 is 0. The molecule has 0 aromatic heterocycles. The maximum Gasteiger partial charge on any atom is 0.337 e. The molecule has 34 heavy (non-hydrogen) atoms. The first-order valence-corrected chi connectivity index (χ1v) is 10.6. The number of rotatable bonds is 6. The van der Waals surface area contributed by atoms with Gasteiger partial charge in [-0.2, -0.15) is 0 Å². The molecule has 0 radical (unpaired) electrons. The molecule has 7 nitrogen and oxygen atoms in total. The summed E-state index contributed by atoms with van der Waals surface area (Å²) in [5.74, 6) is -3.04. The van der Waals surface area contributed by atoms with E-state index in [0.29, 0.717) is 0 Å². The Morgan fingerprint density at radius 1 is 0.971 bits per heavy atom. The number of hydrogen-bond acceptors (Lipinski definition) is 5. The summed E-state index contributed by atoms with van der Waals surface area (Å²) in [4.78, 5) is 53.5. The Morgan fingerprint density at radius 2 is 1.62 bits per heavy atom. The third-order valence-corrected chi connectivity index (χ3v) is 5.61. The van der Waals surface area contributed by atoms with Crippen LogP contribution in [0.15, 0.2) is 78.9 Å². The van der Waals surface area contributed by atoms with Crippen LogP contribution < -0.4 is 4.90 Å². The van der Waals surface area contributed by atoms with Crippen molar-refractivity contribution in [2.45, 2.75) is 19.0 Å². The van der Waals surface area contributed by atoms with Gasteiger partial charge < -0.3 is 9.64 Å². The lowest BCUT2D eigenvalue weighted by Gasteiger charge is -2.28. The molecule has 0 bridgehead atoms. The van der Waals surface area contributed by atoms with Gasteiger partial charge in [0.15, 0.2) is 0 Å². The number of ether oxygens (including phenoxy) is 1. The zero-order chi connectivity index (χ0) is 24.2. The maximum absolute atomic E-state index is 14.4. The van der Waals surface area contributed by atoms with Crippen LogP contribution in [-0.4, -0.2) is 41.7 Å². The van der Waals surface area contributed by atoms with Gasteiger partial charge in [0.25, 0.3) is 11.8 Å². The van der Waals surface area contributed by atoms with Crippen LogP contribution in [0.25, 0.3) is 0 Å². The summed E-state index contributed by atoms with van der Waals surface area (Å²) in [6.45, 7) is 0.0206. The van der Waals surface area contributed by atoms with Gasteiger partial charge in [0.1, 0.15) is 11.9 Å². The second-order valence-corrected chi connectivity index (χ2v) is 7.72. The van der Waals surface area contributed by atoms with Crippen molar-refractivity contribution in [3.8, 4) is 0 Å². The number of imide groups is 1. The van der Waals surface area contributed by atoms with Crippen molar-refractivity contribution < 1.29 is 28.3 Å². The molecule has 0 saturated carbocycles. The first-order chi connectivity index (χ1) is 16.4. The molecule has 1 saturated heterocycles. The molecule has 4 rings (SSSR count). The van der Waals surface area contributed by atoms with Gasteiger partial charge in [-0.25, -0.2) is 14.1 Å². The fourth-order valence-electron chi connectivity index (χ4n) is 3.89. The predicted molar refractivity (Wildman–Crippen MR) is 121 cm³/mol. The molecule has 8 heteroatoms. The van der Waals surface area contributed by atoms with E-state index in [1.54, 1.807) is 24.3 Å². The van der Waals surface area contributed by atoms with E-state index >= 15 is 0 Å². The molecule has 0 aliphatic carbocycles. The third kappa shape index (κ3) is 4.43. The second kappa shape index (κ2) is 9.66. The van der Waals surface area contributed by atoms with E-state index in [1.165, 1.54) is 60.5 Å². The number of halogens is 1. The highest BCUT2D eigenvalue weighted by molar-refractivity contribution is 6.23. The van der Waals surface area contributed by atoms with Gasteiger partial charge in [0.2, 0.25) is 5.91 Å². The average Bonchev–Trinajstić information content (AvgIpc) is 3.16. The highest BCUT2D eigenvalue weighted by Crippen LogP contribution is 2.28. The van der Waals surface area contributed by atoms with Crippen molar-refractivity contribution in [2.24, 2.45) is 0 Å². The summed E-state index contributed by atoms with van der Waals surface area (Å²) in [7, 11) is 1.25. The number of benzene rings is 3. The summed E-state index contributed by atoms with van der Waals surface area (Å²) in [6.07, 6.45) is -0.245. The number of amides is 3. The fourth-order valence-corrected chi connectivity index (χ4v) is 3.89. The monoisotopic (exact) mass is 460 g/mol. The highest BCUT2D eigenvalue weighted by Gasteiger charge is 2.44. The predicted octanol–water partition coefficient (Wildman–Crippen LogP) is 3.59. The standard InChI is InChI=1S/C26H21FN2O5/c1-34-26(33)18-11-13-19(14-12-18)29-23(30)15-22(25(29)32)28(16-17-7-3-2-4-8-17)24(31)20-9-5-6-10-21(20)27/h2-14,22H,15-16H2,1H3. The van der Waals surface area contributed by atoms with E-state index in [0.717, 1.165) is 10.5 Å². The van der Waals surface area contributed by atoms with Crippen LogP contribution in [0, 0.1) is 5.82 Å². The molecule has 172 valence electrons. The van der Waals surface area contributed by atoms with Gasteiger partial charge >= 0.3 is 5.97 Å². The Kier molecular flexibility index (Phi) is 6.49. The van der Waals surface area contributed by atoms with Crippen molar-refractivity contribution in [2.75, 3.05) is 12.0 Å². The number of methoxy groups -OCH3 is 1. The van der Waals surface area contributed by atoms with Crippen molar-refractivity contribution in [3.63, 3.8) is 0 Å². The minimum atomic E-state index is -1.11. The Labute approximate surface area is 195 Å². The van der Waals surface area contributed by atoms with Gasteiger partial charge in [-0.15, -0.1) is 0 Å². The SMILES string of the molecule is COC(=O)c1ccc(N2C(=O)CC(N(Cc3ccccc3)C(=O)c3ccccc3F)C2=O)cc1. The Hall–Kier alpha value is -4.33. The molecule has 0 spiro atoms. The van der Waals surface area contributed by atoms with Crippen LogP contribution in [0.1, 0.15) is 32.7 Å². The minimum Gasteiger partial charge on any atom is -0.465 e. The molecule has 3 aromatic rings. The lowest BCUT2D eigenvalue weighted by atomic mass is 10.1. The molecule has 1 heterocycles. The van der Waals surface area contributed by atoms with Gasteiger partial charge in [-0.05, 0) is 42.0 Å². The van der Waals surface area contributed by atoms with E-state index in [2.05, 4.69) is 4.74 Å². The summed E-state index contributed by atoms with van der Waals surface area (Å²) in [5, 5.41) is 0. The number of esters is 1. The maximum atomic E-state index is 14.4. The molecule has 1 fully saturated rings. The molecule has 1 aliphatic rings. The van der Waals surface area contributed by atoms with Crippen molar-refractivity contribution in [3.05, 3.63) is 101 Å². The molecule has 3 aromatic carbocycles. The quantitative estimate of drug-likeness (QED) is 0.415. The molecule has 1 unspecified atom stereocenters. The zero-order valence-corrected chi connectivity index (χ0v) is 18.3. The van der Waals surface area contributed by atoms with Crippen LogP contribution in [-0.2, 0) is 20.9 Å². The van der Waals surface area contributed by atoms with Crippen molar-refractivity contribution in [1.82, 2.24) is 4.90 Å². The van der Waals surface area contributed by atoms with E-state index in [1.807, 2.05) is 6.07 Å².